The molecule has 4 rings (SSSR count). The van der Waals surface area contributed by atoms with Gasteiger partial charge in [-0.3, -0.25) is 9.69 Å². The number of halogens is 3. The molecule has 4 fully saturated rings. The monoisotopic (exact) mass is 408 g/mol. The zero-order chi connectivity index (χ0) is 20.3. The van der Waals surface area contributed by atoms with Crippen LogP contribution in [0.3, 0.4) is 0 Å². The first-order chi connectivity index (χ1) is 13.3. The van der Waals surface area contributed by atoms with E-state index in [4.69, 9.17) is 19.4 Å². The van der Waals surface area contributed by atoms with Crippen LogP contribution >= 0.6 is 0 Å². The molecule has 3 saturated heterocycles. The molecule has 0 aromatic heterocycles. The summed E-state index contributed by atoms with van der Waals surface area (Å²) in [6.07, 6.45) is 0.929. The highest BCUT2D eigenvalue weighted by molar-refractivity contribution is 5.81. The zero-order valence-electron chi connectivity index (χ0n) is 15.7. The first kappa shape index (κ1) is 21.3. The van der Waals surface area contributed by atoms with E-state index in [0.717, 1.165) is 44.8 Å². The van der Waals surface area contributed by atoms with Gasteiger partial charge in [-0.2, -0.15) is 13.2 Å². The van der Waals surface area contributed by atoms with Gasteiger partial charge in [-0.1, -0.05) is 0 Å². The summed E-state index contributed by atoms with van der Waals surface area (Å²) < 4.78 is 43.2. The minimum absolute atomic E-state index is 0.192. The Hall–Kier alpha value is -1.39. The first-order valence-electron chi connectivity index (χ1n) is 9.82. The highest BCUT2D eigenvalue weighted by Gasteiger charge is 2.43. The fourth-order valence-electron chi connectivity index (χ4n) is 4.04. The second-order valence-electron chi connectivity index (χ2n) is 7.78. The van der Waals surface area contributed by atoms with E-state index in [1.165, 1.54) is 19.4 Å². The number of carboxylic acid groups (broad SMARTS) is 1. The molecule has 4 aliphatic rings. The van der Waals surface area contributed by atoms with Crippen LogP contribution in [0.2, 0.25) is 0 Å². The van der Waals surface area contributed by atoms with Crippen LogP contribution in [0.5, 0.6) is 0 Å². The lowest BCUT2D eigenvalue weighted by Crippen LogP contribution is -2.51. The molecule has 3 heterocycles. The molecule has 10 heteroatoms. The number of aliphatic carboxylic acids is 1. The fourth-order valence-corrected chi connectivity index (χ4v) is 4.04. The Balaban J connectivity index is 0.000000279. The van der Waals surface area contributed by atoms with Gasteiger partial charge < -0.3 is 19.5 Å². The molecule has 160 valence electrons. The van der Waals surface area contributed by atoms with E-state index < -0.39 is 12.1 Å². The van der Waals surface area contributed by atoms with Gasteiger partial charge >= 0.3 is 12.1 Å². The molecule has 3 aliphatic heterocycles. The fraction of sp³-hybridized carbons (Fsp3) is 0.889. The maximum absolute atomic E-state index is 12.5. The van der Waals surface area contributed by atoms with Crippen LogP contribution < -0.4 is 0 Å². The number of ether oxygens (including phenoxy) is 2. The van der Waals surface area contributed by atoms with Gasteiger partial charge in [-0.15, -0.1) is 0 Å². The summed E-state index contributed by atoms with van der Waals surface area (Å²) in [6.45, 7) is 5.19. The number of hydrogen-bond donors (Lipinski definition) is 1. The number of nitrogens with zero attached hydrogens (tertiary/aromatic N) is 2. The van der Waals surface area contributed by atoms with Crippen molar-refractivity contribution in [3.8, 4) is 0 Å². The topological polar surface area (TPSA) is 79.3 Å². The number of alkyl halides is 3. The third kappa shape index (κ3) is 5.57. The number of carbonyl (C=O) groups is 2. The minimum Gasteiger partial charge on any atom is -0.475 e. The van der Waals surface area contributed by atoms with Crippen LogP contribution in [0, 0.1) is 5.92 Å². The Labute approximate surface area is 161 Å². The number of carboxylic acids is 1. The first-order valence-corrected chi connectivity index (χ1v) is 9.82. The maximum atomic E-state index is 12.5. The number of morpholine rings is 1. The summed E-state index contributed by atoms with van der Waals surface area (Å²) in [6, 6.07) is 0.569. The summed E-state index contributed by atoms with van der Waals surface area (Å²) in [5.74, 6) is -1.62. The standard InChI is InChI=1S/C16H26N2O3.C2HF3O2/c19-16(17-7-9-20-10-8-17)15-4-3-13-14(21-15)5-6-18(13)11-12-1-2-12;3-2(4,5)1(6)7/h12-15H,1-11H2;(H,6,7)/t13-,14-,15-;/m1./s1. The van der Waals surface area contributed by atoms with Gasteiger partial charge in [0.15, 0.2) is 0 Å². The van der Waals surface area contributed by atoms with E-state index in [9.17, 15) is 18.0 Å². The molecule has 0 aromatic rings. The molecular formula is C18H27F3N2O5. The van der Waals surface area contributed by atoms with E-state index in [1.54, 1.807) is 0 Å². The van der Waals surface area contributed by atoms with E-state index in [2.05, 4.69) is 4.90 Å². The van der Waals surface area contributed by atoms with Crippen molar-refractivity contribution in [2.24, 2.45) is 5.92 Å². The van der Waals surface area contributed by atoms with E-state index >= 15 is 0 Å². The third-order valence-electron chi connectivity index (χ3n) is 5.69. The Kier molecular flexibility index (Phi) is 6.82. The molecule has 0 spiro atoms. The van der Waals surface area contributed by atoms with Gasteiger partial charge in [0.25, 0.3) is 5.91 Å². The second kappa shape index (κ2) is 8.96. The Morgan fingerprint density at radius 2 is 1.64 bits per heavy atom. The van der Waals surface area contributed by atoms with Crippen molar-refractivity contribution in [2.45, 2.75) is 56.5 Å². The summed E-state index contributed by atoms with van der Waals surface area (Å²) >= 11 is 0. The van der Waals surface area contributed by atoms with Crippen molar-refractivity contribution >= 4 is 11.9 Å². The van der Waals surface area contributed by atoms with Crippen molar-refractivity contribution < 1.29 is 37.3 Å². The normalized spacial score (nSPS) is 31.0. The van der Waals surface area contributed by atoms with Crippen LogP contribution in [0.15, 0.2) is 0 Å². The predicted molar refractivity (Wildman–Crippen MR) is 91.7 cm³/mol. The van der Waals surface area contributed by atoms with Crippen molar-refractivity contribution in [1.82, 2.24) is 9.80 Å². The number of likely N-dealkylation sites (tertiary alicyclic amines) is 1. The quantitative estimate of drug-likeness (QED) is 0.763. The van der Waals surface area contributed by atoms with Gasteiger partial charge in [0.2, 0.25) is 0 Å². The molecule has 0 aromatic carbocycles. The molecule has 3 atom stereocenters. The average molecular weight is 408 g/mol. The number of amides is 1. The smallest absolute Gasteiger partial charge is 0.475 e. The number of carbonyl (C=O) groups excluding carboxylic acids is 1. The van der Waals surface area contributed by atoms with Gasteiger partial charge in [0.05, 0.1) is 19.3 Å². The van der Waals surface area contributed by atoms with Crippen LogP contribution in [-0.2, 0) is 19.1 Å². The Morgan fingerprint density at radius 3 is 2.21 bits per heavy atom. The van der Waals surface area contributed by atoms with Gasteiger partial charge in [0, 0.05) is 32.2 Å². The minimum atomic E-state index is -5.08. The lowest BCUT2D eigenvalue weighted by molar-refractivity contribution is -0.192. The highest BCUT2D eigenvalue weighted by atomic mass is 19.4. The van der Waals surface area contributed by atoms with Crippen LogP contribution in [0.25, 0.3) is 0 Å². The zero-order valence-corrected chi connectivity index (χ0v) is 15.7. The third-order valence-corrected chi connectivity index (χ3v) is 5.69. The molecule has 7 nitrogen and oxygen atoms in total. The molecule has 0 radical (unpaired) electrons. The van der Waals surface area contributed by atoms with Crippen molar-refractivity contribution in [2.75, 3.05) is 39.4 Å². The lowest BCUT2D eigenvalue weighted by Gasteiger charge is -2.38. The molecule has 1 saturated carbocycles. The Bertz CT molecular complexity index is 564. The second-order valence-corrected chi connectivity index (χ2v) is 7.78. The largest absolute Gasteiger partial charge is 0.490 e. The van der Waals surface area contributed by atoms with E-state index in [-0.39, 0.29) is 18.1 Å². The summed E-state index contributed by atoms with van der Waals surface area (Å²) in [5.41, 5.74) is 0. The van der Waals surface area contributed by atoms with Crippen LogP contribution in [0.1, 0.15) is 32.1 Å². The molecule has 1 aliphatic carbocycles. The molecular weight excluding hydrogens is 381 g/mol. The summed E-state index contributed by atoms with van der Waals surface area (Å²) in [4.78, 5) is 26.0. The van der Waals surface area contributed by atoms with Crippen LogP contribution in [0.4, 0.5) is 13.2 Å². The van der Waals surface area contributed by atoms with Crippen LogP contribution in [-0.4, -0.2) is 90.6 Å². The van der Waals surface area contributed by atoms with Gasteiger partial charge in [0.1, 0.15) is 6.10 Å². The van der Waals surface area contributed by atoms with Crippen molar-refractivity contribution in [3.05, 3.63) is 0 Å². The Morgan fingerprint density at radius 1 is 1.00 bits per heavy atom. The predicted octanol–water partition coefficient (Wildman–Crippen LogP) is 1.51. The summed E-state index contributed by atoms with van der Waals surface area (Å²) in [7, 11) is 0. The number of fused-ring (bicyclic) bond motifs is 1. The molecule has 28 heavy (non-hydrogen) atoms. The molecule has 1 amide bonds. The van der Waals surface area contributed by atoms with Crippen molar-refractivity contribution in [1.29, 1.82) is 0 Å². The maximum Gasteiger partial charge on any atom is 0.490 e. The van der Waals surface area contributed by atoms with E-state index in [1.807, 2.05) is 4.90 Å². The number of hydrogen-bond acceptors (Lipinski definition) is 5. The van der Waals surface area contributed by atoms with Crippen molar-refractivity contribution in [3.63, 3.8) is 0 Å². The lowest BCUT2D eigenvalue weighted by atomic mass is 9.98. The SMILES string of the molecule is O=C(O)C(F)(F)F.O=C([C@H]1CC[C@@H]2[C@@H](CCN2CC2CC2)O1)N1CCOCC1. The molecule has 0 bridgehead atoms. The molecule has 0 unspecified atom stereocenters. The van der Waals surface area contributed by atoms with Gasteiger partial charge in [-0.05, 0) is 38.0 Å². The van der Waals surface area contributed by atoms with Gasteiger partial charge in [-0.25, -0.2) is 4.79 Å². The summed E-state index contributed by atoms with van der Waals surface area (Å²) in [5, 5.41) is 7.12. The molecule has 1 N–H and O–H groups in total. The number of rotatable bonds is 3. The average Bonchev–Trinajstić information content (AvgIpc) is 3.40. The van der Waals surface area contributed by atoms with E-state index in [0.29, 0.717) is 19.3 Å². The highest BCUT2D eigenvalue weighted by Crippen LogP contribution is 2.36.